The van der Waals surface area contributed by atoms with Gasteiger partial charge in [-0.15, -0.1) is 11.3 Å². The summed E-state index contributed by atoms with van der Waals surface area (Å²) in [5.41, 5.74) is 6.38. The van der Waals surface area contributed by atoms with Gasteiger partial charge in [-0.2, -0.15) is 13.2 Å². The number of nitrogen functional groups attached to an aromatic ring is 1. The number of alkyl halides is 3. The van der Waals surface area contributed by atoms with E-state index in [1.54, 1.807) is 0 Å². The number of benzene rings is 2. The van der Waals surface area contributed by atoms with Gasteiger partial charge < -0.3 is 5.73 Å². The molecule has 0 saturated carbocycles. The highest BCUT2D eigenvalue weighted by molar-refractivity contribution is 9.10. The summed E-state index contributed by atoms with van der Waals surface area (Å²) in [7, 11) is 0. The van der Waals surface area contributed by atoms with Crippen molar-refractivity contribution in [2.24, 2.45) is 0 Å². The molecule has 21 heavy (non-hydrogen) atoms. The average Bonchev–Trinajstić information content (AvgIpc) is 2.80. The number of fused-ring (bicyclic) bond motifs is 1. The molecule has 0 unspecified atom stereocenters. The van der Waals surface area contributed by atoms with Gasteiger partial charge in [0.2, 0.25) is 0 Å². The lowest BCUT2D eigenvalue weighted by Gasteiger charge is -2.09. The van der Waals surface area contributed by atoms with Gasteiger partial charge in [0.05, 0.1) is 15.8 Å². The lowest BCUT2D eigenvalue weighted by atomic mass is 10.1. The summed E-state index contributed by atoms with van der Waals surface area (Å²) in [5.74, 6) is 0. The number of thiazole rings is 1. The van der Waals surface area contributed by atoms with E-state index in [9.17, 15) is 13.2 Å². The van der Waals surface area contributed by atoms with Gasteiger partial charge in [-0.25, -0.2) is 4.98 Å². The SMILES string of the molecule is Nc1cc(C(F)(F)F)ccc1-c1nc2ccc(Br)cc2s1. The van der Waals surface area contributed by atoms with Crippen molar-refractivity contribution in [3.8, 4) is 10.6 Å². The molecule has 3 aromatic rings. The molecule has 0 spiro atoms. The van der Waals surface area contributed by atoms with Crippen molar-refractivity contribution in [1.29, 1.82) is 0 Å². The Morgan fingerprint density at radius 2 is 1.86 bits per heavy atom. The Kier molecular flexibility index (Phi) is 3.41. The van der Waals surface area contributed by atoms with Crippen LogP contribution in [0.25, 0.3) is 20.8 Å². The monoisotopic (exact) mass is 372 g/mol. The first-order chi connectivity index (χ1) is 9.84. The van der Waals surface area contributed by atoms with Crippen molar-refractivity contribution >= 4 is 43.2 Å². The van der Waals surface area contributed by atoms with Crippen molar-refractivity contribution in [2.45, 2.75) is 6.18 Å². The van der Waals surface area contributed by atoms with E-state index >= 15 is 0 Å². The van der Waals surface area contributed by atoms with Crippen LogP contribution in [0, 0.1) is 0 Å². The first-order valence-corrected chi connectivity index (χ1v) is 7.49. The zero-order valence-electron chi connectivity index (χ0n) is 10.4. The van der Waals surface area contributed by atoms with Gasteiger partial charge in [0.15, 0.2) is 0 Å². The van der Waals surface area contributed by atoms with Crippen LogP contribution in [0.2, 0.25) is 0 Å². The molecule has 0 aliphatic carbocycles. The zero-order valence-corrected chi connectivity index (χ0v) is 12.8. The minimum atomic E-state index is -4.40. The molecule has 0 aliphatic rings. The minimum Gasteiger partial charge on any atom is -0.398 e. The summed E-state index contributed by atoms with van der Waals surface area (Å²) in [6.07, 6.45) is -4.40. The highest BCUT2D eigenvalue weighted by Gasteiger charge is 2.31. The van der Waals surface area contributed by atoms with Gasteiger partial charge in [0.25, 0.3) is 0 Å². The molecule has 0 amide bonds. The summed E-state index contributed by atoms with van der Waals surface area (Å²) in [6, 6.07) is 8.95. The molecule has 2 N–H and O–H groups in total. The van der Waals surface area contributed by atoms with Crippen molar-refractivity contribution in [3.63, 3.8) is 0 Å². The first kappa shape index (κ1) is 14.3. The van der Waals surface area contributed by atoms with E-state index in [0.29, 0.717) is 10.6 Å². The van der Waals surface area contributed by atoms with Crippen molar-refractivity contribution in [1.82, 2.24) is 4.98 Å². The number of aromatic nitrogens is 1. The normalized spacial score (nSPS) is 12.0. The summed E-state index contributed by atoms with van der Waals surface area (Å²) in [6.45, 7) is 0. The highest BCUT2D eigenvalue weighted by atomic mass is 79.9. The molecule has 1 heterocycles. The zero-order chi connectivity index (χ0) is 15.2. The van der Waals surface area contributed by atoms with E-state index in [0.717, 1.165) is 26.8 Å². The van der Waals surface area contributed by atoms with Crippen LogP contribution in [0.4, 0.5) is 18.9 Å². The van der Waals surface area contributed by atoms with Crippen LogP contribution < -0.4 is 5.73 Å². The fourth-order valence-electron chi connectivity index (χ4n) is 1.95. The number of nitrogens with two attached hydrogens (primary N) is 1. The molecule has 1 aromatic heterocycles. The van der Waals surface area contributed by atoms with Gasteiger partial charge >= 0.3 is 6.18 Å². The quantitative estimate of drug-likeness (QED) is 0.586. The third kappa shape index (κ3) is 2.75. The molecule has 0 radical (unpaired) electrons. The van der Waals surface area contributed by atoms with E-state index in [1.807, 2.05) is 18.2 Å². The summed E-state index contributed by atoms with van der Waals surface area (Å²) in [4.78, 5) is 4.41. The van der Waals surface area contributed by atoms with E-state index in [4.69, 9.17) is 5.73 Å². The molecule has 0 fully saturated rings. The van der Waals surface area contributed by atoms with Crippen LogP contribution in [-0.4, -0.2) is 4.98 Å². The molecule has 0 bridgehead atoms. The Morgan fingerprint density at radius 1 is 1.10 bits per heavy atom. The third-order valence-electron chi connectivity index (χ3n) is 2.96. The van der Waals surface area contributed by atoms with Gasteiger partial charge in [-0.1, -0.05) is 15.9 Å². The molecule has 0 aliphatic heterocycles. The fourth-order valence-corrected chi connectivity index (χ4v) is 3.51. The third-order valence-corrected chi connectivity index (χ3v) is 4.50. The van der Waals surface area contributed by atoms with E-state index < -0.39 is 11.7 Å². The number of hydrogen-bond donors (Lipinski definition) is 1. The van der Waals surface area contributed by atoms with E-state index in [-0.39, 0.29) is 5.69 Å². The number of nitrogens with zero attached hydrogens (tertiary/aromatic N) is 1. The maximum atomic E-state index is 12.6. The van der Waals surface area contributed by atoms with Crippen LogP contribution in [0.1, 0.15) is 5.56 Å². The Hall–Kier alpha value is -1.60. The summed E-state index contributed by atoms with van der Waals surface area (Å²) < 4.78 is 39.8. The van der Waals surface area contributed by atoms with Gasteiger partial charge in [0.1, 0.15) is 5.01 Å². The molecular formula is C14H8BrF3N2S. The molecule has 0 atom stereocenters. The number of rotatable bonds is 1. The van der Waals surface area contributed by atoms with Crippen LogP contribution >= 0.6 is 27.3 Å². The maximum Gasteiger partial charge on any atom is 0.416 e. The molecule has 0 saturated heterocycles. The molecular weight excluding hydrogens is 365 g/mol. The molecule has 3 rings (SSSR count). The Balaban J connectivity index is 2.10. The van der Waals surface area contributed by atoms with E-state index in [1.165, 1.54) is 17.4 Å². The molecule has 7 heteroatoms. The van der Waals surface area contributed by atoms with Gasteiger partial charge in [-0.05, 0) is 36.4 Å². The Bertz CT molecular complexity index is 827. The van der Waals surface area contributed by atoms with Crippen molar-refractivity contribution < 1.29 is 13.2 Å². The standard InChI is InChI=1S/C14H8BrF3N2S/c15-8-2-4-11-12(6-8)21-13(20-11)9-3-1-7(5-10(9)19)14(16,17)18/h1-6H,19H2. The summed E-state index contributed by atoms with van der Waals surface area (Å²) >= 11 is 4.76. The average molecular weight is 373 g/mol. The Morgan fingerprint density at radius 3 is 2.52 bits per heavy atom. The second kappa shape index (κ2) is 4.99. The first-order valence-electron chi connectivity index (χ1n) is 5.88. The number of hydrogen-bond acceptors (Lipinski definition) is 3. The lowest BCUT2D eigenvalue weighted by molar-refractivity contribution is -0.137. The molecule has 2 nitrogen and oxygen atoms in total. The van der Waals surface area contributed by atoms with Crippen molar-refractivity contribution in [2.75, 3.05) is 5.73 Å². The highest BCUT2D eigenvalue weighted by Crippen LogP contribution is 2.37. The largest absolute Gasteiger partial charge is 0.416 e. The molecule has 2 aromatic carbocycles. The lowest BCUT2D eigenvalue weighted by Crippen LogP contribution is -2.05. The number of anilines is 1. The van der Waals surface area contributed by atoms with Crippen LogP contribution in [0.3, 0.4) is 0 Å². The second-order valence-corrected chi connectivity index (χ2v) is 6.38. The topological polar surface area (TPSA) is 38.9 Å². The smallest absolute Gasteiger partial charge is 0.398 e. The Labute approximate surface area is 130 Å². The van der Waals surface area contributed by atoms with Crippen molar-refractivity contribution in [3.05, 3.63) is 46.4 Å². The predicted molar refractivity (Wildman–Crippen MR) is 82.2 cm³/mol. The number of halogens is 4. The van der Waals surface area contributed by atoms with Crippen LogP contribution in [0.5, 0.6) is 0 Å². The van der Waals surface area contributed by atoms with Gasteiger partial charge in [-0.3, -0.25) is 0 Å². The predicted octanol–water partition coefficient (Wildman–Crippen LogP) is 5.33. The molecule has 108 valence electrons. The van der Waals surface area contributed by atoms with Crippen LogP contribution in [0.15, 0.2) is 40.9 Å². The summed E-state index contributed by atoms with van der Waals surface area (Å²) in [5, 5.41) is 0.606. The fraction of sp³-hybridized carbons (Fsp3) is 0.0714. The maximum absolute atomic E-state index is 12.6. The van der Waals surface area contributed by atoms with Gasteiger partial charge in [0, 0.05) is 15.7 Å². The van der Waals surface area contributed by atoms with E-state index in [2.05, 4.69) is 20.9 Å². The minimum absolute atomic E-state index is 0.0722. The second-order valence-electron chi connectivity index (χ2n) is 4.43. The van der Waals surface area contributed by atoms with Crippen LogP contribution in [-0.2, 0) is 6.18 Å².